The van der Waals surface area contributed by atoms with Gasteiger partial charge in [0.1, 0.15) is 0 Å². The second-order valence-electron chi connectivity index (χ2n) is 5.04. The van der Waals surface area contributed by atoms with Gasteiger partial charge in [-0.05, 0) is 64.8 Å². The third-order valence-electron chi connectivity index (χ3n) is 2.64. The fraction of sp³-hybridized carbons (Fsp3) is 0.857. The molecule has 0 spiro atoms. The summed E-state index contributed by atoms with van der Waals surface area (Å²) in [6.45, 7) is 13.0. The van der Waals surface area contributed by atoms with E-state index in [1.807, 2.05) is 6.08 Å². The average molecular weight is 226 g/mol. The van der Waals surface area contributed by atoms with Crippen LogP contribution in [-0.4, -0.2) is 38.1 Å². The van der Waals surface area contributed by atoms with Crippen LogP contribution in [0.2, 0.25) is 0 Å². The Bertz CT molecular complexity index is 155. The van der Waals surface area contributed by atoms with Gasteiger partial charge in [0.15, 0.2) is 0 Å². The summed E-state index contributed by atoms with van der Waals surface area (Å²) < 4.78 is 0. The lowest BCUT2D eigenvalue weighted by Crippen LogP contribution is -2.24. The molecule has 0 aromatic rings. The first-order valence-corrected chi connectivity index (χ1v) is 6.67. The highest BCUT2D eigenvalue weighted by Crippen LogP contribution is 1.97. The molecule has 16 heavy (non-hydrogen) atoms. The molecule has 0 aromatic heterocycles. The van der Waals surface area contributed by atoms with Crippen LogP contribution in [0.15, 0.2) is 12.7 Å². The lowest BCUT2D eigenvalue weighted by molar-refractivity contribution is 0.321. The van der Waals surface area contributed by atoms with E-state index in [1.54, 1.807) is 0 Å². The van der Waals surface area contributed by atoms with Crippen LogP contribution in [0.25, 0.3) is 0 Å². The van der Waals surface area contributed by atoms with Crippen LogP contribution in [0.5, 0.6) is 0 Å². The van der Waals surface area contributed by atoms with Gasteiger partial charge in [-0.15, -0.1) is 6.58 Å². The van der Waals surface area contributed by atoms with E-state index in [9.17, 15) is 0 Å². The Balaban J connectivity index is 3.14. The van der Waals surface area contributed by atoms with E-state index >= 15 is 0 Å². The molecule has 0 rings (SSSR count). The molecule has 0 aliphatic rings. The number of hydrogen-bond acceptors (Lipinski definition) is 2. The molecular formula is C14H30N2. The van der Waals surface area contributed by atoms with Crippen molar-refractivity contribution in [3.63, 3.8) is 0 Å². The molecule has 2 nitrogen and oxygen atoms in total. The molecule has 96 valence electrons. The Kier molecular flexibility index (Phi) is 10.9. The van der Waals surface area contributed by atoms with E-state index < -0.39 is 0 Å². The van der Waals surface area contributed by atoms with E-state index in [0.29, 0.717) is 0 Å². The minimum Gasteiger partial charge on any atom is -0.316 e. The van der Waals surface area contributed by atoms with Gasteiger partial charge < -0.3 is 10.2 Å². The highest BCUT2D eigenvalue weighted by molar-refractivity contribution is 4.66. The molecule has 0 saturated carbocycles. The second kappa shape index (κ2) is 11.2. The van der Waals surface area contributed by atoms with Crippen LogP contribution < -0.4 is 5.32 Å². The minimum absolute atomic E-state index is 0.765. The molecule has 0 bridgehead atoms. The molecule has 0 heterocycles. The van der Waals surface area contributed by atoms with E-state index in [-0.39, 0.29) is 0 Å². The Morgan fingerprint density at radius 1 is 1.19 bits per heavy atom. The maximum Gasteiger partial charge on any atom is -0.00188 e. The molecule has 0 atom stereocenters. The first-order chi connectivity index (χ1) is 7.66. The van der Waals surface area contributed by atoms with Gasteiger partial charge in [0.2, 0.25) is 0 Å². The normalized spacial score (nSPS) is 11.3. The van der Waals surface area contributed by atoms with Gasteiger partial charge >= 0.3 is 0 Å². The van der Waals surface area contributed by atoms with E-state index in [1.165, 1.54) is 38.9 Å². The zero-order valence-electron chi connectivity index (χ0n) is 11.5. The number of nitrogens with one attached hydrogen (secondary N) is 1. The fourth-order valence-electron chi connectivity index (χ4n) is 1.64. The van der Waals surface area contributed by atoms with E-state index in [0.717, 1.165) is 18.9 Å². The number of unbranched alkanes of at least 4 members (excludes halogenated alkanes) is 2. The Morgan fingerprint density at radius 3 is 2.50 bits per heavy atom. The molecule has 0 aliphatic carbocycles. The number of nitrogens with zero attached hydrogens (tertiary/aromatic N) is 1. The van der Waals surface area contributed by atoms with Crippen molar-refractivity contribution in [1.82, 2.24) is 10.2 Å². The molecule has 0 unspecified atom stereocenters. The highest BCUT2D eigenvalue weighted by Gasteiger charge is 1.97. The lowest BCUT2D eigenvalue weighted by atomic mass is 10.2. The van der Waals surface area contributed by atoms with Crippen molar-refractivity contribution in [2.45, 2.75) is 39.5 Å². The Hall–Kier alpha value is -0.340. The van der Waals surface area contributed by atoms with Crippen molar-refractivity contribution < 1.29 is 0 Å². The summed E-state index contributed by atoms with van der Waals surface area (Å²) in [6, 6.07) is 0. The molecule has 0 fully saturated rings. The minimum atomic E-state index is 0.765. The fourth-order valence-corrected chi connectivity index (χ4v) is 1.64. The third-order valence-corrected chi connectivity index (χ3v) is 2.64. The first-order valence-electron chi connectivity index (χ1n) is 6.67. The van der Waals surface area contributed by atoms with Crippen molar-refractivity contribution in [3.05, 3.63) is 12.7 Å². The van der Waals surface area contributed by atoms with Gasteiger partial charge in [-0.2, -0.15) is 0 Å². The molecule has 2 heteroatoms. The van der Waals surface area contributed by atoms with Crippen molar-refractivity contribution in [2.75, 3.05) is 33.2 Å². The summed E-state index contributed by atoms with van der Waals surface area (Å²) in [5.41, 5.74) is 0. The SMILES string of the molecule is C=CCCCN(C)CCCCNCC(C)C. The van der Waals surface area contributed by atoms with Gasteiger partial charge in [0, 0.05) is 0 Å². The standard InChI is InChI=1S/C14H30N2/c1-5-6-8-11-16(4)12-9-7-10-15-13-14(2)3/h5,14-15H,1,6-13H2,2-4H3. The average Bonchev–Trinajstić information content (AvgIpc) is 2.23. The smallest absolute Gasteiger partial charge is 0.00188 e. The molecule has 0 aliphatic heterocycles. The van der Waals surface area contributed by atoms with Gasteiger partial charge in [-0.1, -0.05) is 19.9 Å². The Morgan fingerprint density at radius 2 is 1.88 bits per heavy atom. The second-order valence-corrected chi connectivity index (χ2v) is 5.04. The summed E-state index contributed by atoms with van der Waals surface area (Å²) in [5, 5.41) is 3.48. The number of hydrogen-bond donors (Lipinski definition) is 1. The number of rotatable bonds is 11. The van der Waals surface area contributed by atoms with Crippen LogP contribution in [0.3, 0.4) is 0 Å². The van der Waals surface area contributed by atoms with Crippen LogP contribution in [0, 0.1) is 5.92 Å². The monoisotopic (exact) mass is 226 g/mol. The summed E-state index contributed by atoms with van der Waals surface area (Å²) >= 11 is 0. The highest BCUT2D eigenvalue weighted by atomic mass is 15.1. The van der Waals surface area contributed by atoms with Crippen molar-refractivity contribution in [2.24, 2.45) is 5.92 Å². The van der Waals surface area contributed by atoms with Gasteiger partial charge in [0.25, 0.3) is 0 Å². The third kappa shape index (κ3) is 11.7. The number of allylic oxidation sites excluding steroid dienone is 1. The Labute approximate surface area is 102 Å². The van der Waals surface area contributed by atoms with Gasteiger partial charge in [-0.3, -0.25) is 0 Å². The molecular weight excluding hydrogens is 196 g/mol. The quantitative estimate of drug-likeness (QED) is 0.430. The molecule has 0 aromatic carbocycles. The molecule has 1 N–H and O–H groups in total. The largest absolute Gasteiger partial charge is 0.316 e. The molecule has 0 saturated heterocycles. The van der Waals surface area contributed by atoms with Crippen LogP contribution in [-0.2, 0) is 0 Å². The summed E-state index contributed by atoms with van der Waals surface area (Å²) in [6.07, 6.45) is 6.98. The first kappa shape index (κ1) is 15.7. The molecule has 0 radical (unpaired) electrons. The predicted molar refractivity (Wildman–Crippen MR) is 73.9 cm³/mol. The summed E-state index contributed by atoms with van der Waals surface area (Å²) in [4.78, 5) is 2.42. The lowest BCUT2D eigenvalue weighted by Gasteiger charge is -2.16. The zero-order chi connectivity index (χ0) is 12.2. The summed E-state index contributed by atoms with van der Waals surface area (Å²) in [5.74, 6) is 0.765. The van der Waals surface area contributed by atoms with E-state index in [2.05, 4.69) is 37.7 Å². The van der Waals surface area contributed by atoms with Gasteiger partial charge in [0.05, 0.1) is 0 Å². The topological polar surface area (TPSA) is 15.3 Å². The van der Waals surface area contributed by atoms with Crippen LogP contribution in [0.4, 0.5) is 0 Å². The molecule has 0 amide bonds. The van der Waals surface area contributed by atoms with Gasteiger partial charge in [-0.25, -0.2) is 0 Å². The van der Waals surface area contributed by atoms with E-state index in [4.69, 9.17) is 0 Å². The predicted octanol–water partition coefficient (Wildman–Crippen LogP) is 2.91. The maximum absolute atomic E-state index is 3.74. The van der Waals surface area contributed by atoms with Crippen LogP contribution >= 0.6 is 0 Å². The maximum atomic E-state index is 3.74. The van der Waals surface area contributed by atoms with Crippen LogP contribution in [0.1, 0.15) is 39.5 Å². The van der Waals surface area contributed by atoms with Crippen molar-refractivity contribution >= 4 is 0 Å². The van der Waals surface area contributed by atoms with Crippen molar-refractivity contribution in [3.8, 4) is 0 Å². The zero-order valence-corrected chi connectivity index (χ0v) is 11.5. The van der Waals surface area contributed by atoms with Crippen molar-refractivity contribution in [1.29, 1.82) is 0 Å². The summed E-state index contributed by atoms with van der Waals surface area (Å²) in [7, 11) is 2.21.